The number of phenolic OH excluding ortho intramolecular Hbond substituents is 1. The molecular formula is C89H133N21O24. The Morgan fingerprint density at radius 3 is 1.46 bits per heavy atom. The van der Waals surface area contributed by atoms with Crippen LogP contribution in [0.3, 0.4) is 0 Å². The first-order chi connectivity index (χ1) is 63.2. The molecule has 17 amide bonds. The maximum atomic E-state index is 14.9. The maximum Gasteiger partial charge on any atom is 0.328 e. The number of aromatic nitrogens is 3. The number of imidazole rings is 1. The number of aliphatic hydroxyl groups excluding tert-OH is 2. The number of amides is 17. The number of carboxylic acids is 2. The molecule has 0 unspecified atom stereocenters. The van der Waals surface area contributed by atoms with Gasteiger partial charge in [0.05, 0.1) is 50.3 Å². The number of carboxylic acid groups (broad SMARTS) is 2. The van der Waals surface area contributed by atoms with Crippen molar-refractivity contribution >= 4 is 123 Å². The smallest absolute Gasteiger partial charge is 0.328 e. The number of phenols is 1. The average Bonchev–Trinajstić information content (AvgIpc) is 1.66. The zero-order chi connectivity index (χ0) is 99.8. The second-order valence-corrected chi connectivity index (χ2v) is 35.5. The number of rotatable bonds is 53. The molecule has 4 heterocycles. The lowest BCUT2D eigenvalue weighted by Gasteiger charge is -2.33. The van der Waals surface area contributed by atoms with Gasteiger partial charge in [0, 0.05) is 62.1 Å². The number of nitrogens with two attached hydrogens (primary N) is 2. The summed E-state index contributed by atoms with van der Waals surface area (Å²) >= 11 is 0. The monoisotopic (exact) mass is 1880 g/mol. The third-order valence-corrected chi connectivity index (χ3v) is 23.5. The molecular weight excluding hydrogens is 1750 g/mol. The zero-order valence-electron chi connectivity index (χ0n) is 77.8. The summed E-state index contributed by atoms with van der Waals surface area (Å²) in [4.78, 5) is 277. The van der Waals surface area contributed by atoms with Gasteiger partial charge in [-0.25, -0.2) is 9.78 Å². The fourth-order valence-corrected chi connectivity index (χ4v) is 15.3. The first-order valence-corrected chi connectivity index (χ1v) is 45.1. The van der Waals surface area contributed by atoms with Crippen molar-refractivity contribution < 1.29 is 117 Å². The quantitative estimate of drug-likeness (QED) is 0.0202. The van der Waals surface area contributed by atoms with Gasteiger partial charge in [-0.05, 0) is 110 Å². The number of para-hydroxylation sites is 1. The molecule has 25 N–H and O–H groups in total. The summed E-state index contributed by atoms with van der Waals surface area (Å²) in [5.74, 6) is -22.2. The minimum Gasteiger partial charge on any atom is -0.508 e. The molecule has 45 heteroatoms. The second kappa shape index (κ2) is 52.3. The Bertz CT molecular complexity index is 4770. The van der Waals surface area contributed by atoms with E-state index in [1.807, 2.05) is 19.2 Å². The summed E-state index contributed by atoms with van der Waals surface area (Å²) in [6.07, 6.45) is 0.859. The van der Waals surface area contributed by atoms with E-state index in [0.717, 1.165) is 11.8 Å². The molecule has 134 heavy (non-hydrogen) atoms. The van der Waals surface area contributed by atoms with E-state index in [-0.39, 0.29) is 81.3 Å². The Balaban J connectivity index is 1.15. The highest BCUT2D eigenvalue weighted by Gasteiger charge is 2.46. The van der Waals surface area contributed by atoms with Crippen LogP contribution in [0.15, 0.2) is 67.3 Å². The van der Waals surface area contributed by atoms with Gasteiger partial charge in [-0.2, -0.15) is 0 Å². The van der Waals surface area contributed by atoms with Gasteiger partial charge in [-0.3, -0.25) is 86.3 Å². The molecule has 6 rings (SSSR count). The van der Waals surface area contributed by atoms with Crippen LogP contribution in [-0.4, -0.2) is 292 Å². The van der Waals surface area contributed by atoms with Gasteiger partial charge in [0.15, 0.2) is 0 Å². The highest BCUT2D eigenvalue weighted by molar-refractivity contribution is 6.02. The van der Waals surface area contributed by atoms with Gasteiger partial charge in [-0.15, -0.1) is 0 Å². The highest BCUT2D eigenvalue weighted by Crippen LogP contribution is 2.26. The third kappa shape index (κ3) is 32.6. The molecule has 2 aromatic heterocycles. The second-order valence-electron chi connectivity index (χ2n) is 35.5. The highest BCUT2D eigenvalue weighted by atomic mass is 16.4. The largest absolute Gasteiger partial charge is 0.508 e. The van der Waals surface area contributed by atoms with Crippen molar-refractivity contribution in [2.24, 2.45) is 47.0 Å². The van der Waals surface area contributed by atoms with Crippen LogP contribution in [0.1, 0.15) is 171 Å². The number of benzene rings is 2. The van der Waals surface area contributed by atoms with E-state index in [4.69, 9.17) is 11.5 Å². The number of aliphatic hydroxyl groups is 2. The van der Waals surface area contributed by atoms with Crippen LogP contribution >= 0.6 is 0 Å². The number of carbonyl (C=O) groups excluding carboxylic acids is 17. The standard InChI is InChI=1S/C89H133N21O24/c1-14-47(11)69(91)83(127)107-73(48(12)15-2)86(130)102-59(34-51-37-93-55-21-17-16-20-54(51)55)78(122)104-70(44(5)6)84(128)103-61(36-65(90)114)80(124)108-74(49(13)112)88(132)110-31-19-22-63(110)81(125)99-56(28-29-68(117)118)77(121)100-60(35-52-38-92-42-96-52)79(123)105-71(45(7)8)85(129)106-72(46(9)10)87(131)109-30-18-23-64(109)82(126)101-58(33-50-24-26-53(113)27-25-50)76(120)95-39-66(115)97-57(32-43(3)4)75(119)94-40-67(116)98-62(41-111)89(133)134/h16-17,20-21,24-27,37-38,42-49,56-64,69-74,93,111-113H,14-15,18-19,22-23,28-36,39-41,91H2,1-13H3,(H2,90,114)(H,92,96)(H,94,119)(H,95,120)(H,97,115)(H,98,116)(H,99,125)(H,100,121)(H,101,126)(H,102,130)(H,103,128)(H,104,122)(H,105,123)(H,106,129)(H,107,127)(H,108,124)(H,117,118)(H,133,134)/t47-,48-,49+,56-,57-,58-,59-,60-,61-,62-,63-,64-,69-,70-,71-,72-,73-,74-/m0/s1. The lowest BCUT2D eigenvalue weighted by Crippen LogP contribution is -2.63. The van der Waals surface area contributed by atoms with Crippen molar-refractivity contribution in [3.63, 3.8) is 0 Å². The summed E-state index contributed by atoms with van der Waals surface area (Å²) in [5.41, 5.74) is 13.8. The Kier molecular flexibility index (Phi) is 42.8. The predicted octanol–water partition coefficient (Wildman–Crippen LogP) is -3.71. The Hall–Kier alpha value is -13.2. The summed E-state index contributed by atoms with van der Waals surface area (Å²) < 4.78 is 0. The number of hydrogen-bond acceptors (Lipinski definition) is 24. The van der Waals surface area contributed by atoms with E-state index in [2.05, 4.69) is 84.1 Å². The molecule has 2 aliphatic heterocycles. The van der Waals surface area contributed by atoms with Crippen LogP contribution in [0.4, 0.5) is 0 Å². The number of fused-ring (bicyclic) bond motifs is 1. The molecule has 4 aromatic rings. The molecule has 738 valence electrons. The van der Waals surface area contributed by atoms with Gasteiger partial charge in [-0.1, -0.05) is 126 Å². The third-order valence-electron chi connectivity index (χ3n) is 23.5. The zero-order valence-corrected chi connectivity index (χ0v) is 77.8. The Morgan fingerprint density at radius 2 is 0.955 bits per heavy atom. The molecule has 0 aliphatic carbocycles. The minimum atomic E-state index is -1.94. The van der Waals surface area contributed by atoms with Crippen LogP contribution < -0.4 is 85.9 Å². The molecule has 2 aromatic carbocycles. The number of aliphatic carboxylic acids is 2. The van der Waals surface area contributed by atoms with Gasteiger partial charge in [0.25, 0.3) is 0 Å². The van der Waals surface area contributed by atoms with Crippen molar-refractivity contribution in [2.45, 2.75) is 270 Å². The van der Waals surface area contributed by atoms with Crippen molar-refractivity contribution in [2.75, 3.05) is 32.8 Å². The summed E-state index contributed by atoms with van der Waals surface area (Å²) in [6, 6.07) is -9.57. The van der Waals surface area contributed by atoms with E-state index in [0.29, 0.717) is 34.9 Å². The van der Waals surface area contributed by atoms with E-state index >= 15 is 0 Å². The number of aromatic amines is 2. The van der Waals surface area contributed by atoms with E-state index < -0.39 is 278 Å². The molecule has 0 bridgehead atoms. The van der Waals surface area contributed by atoms with Crippen molar-refractivity contribution in [1.29, 1.82) is 0 Å². The molecule has 2 saturated heterocycles. The molecule has 2 aliphatic rings. The first kappa shape index (κ1) is 110. The SMILES string of the molecule is CC[C@H](C)[C@H](N)C(=O)N[C@H](C(=O)N[C@@H](Cc1c[nH]c2ccccc12)C(=O)N[C@H](C(=O)N[C@@H](CC(N)=O)C(=O)N[C@H](C(=O)N1CCC[C@H]1C(=O)N[C@@H](CCC(=O)O)C(=O)N[C@@H](Cc1c[nH]cn1)C(=O)N[C@H](C(=O)N[C@H](C(=O)N1CCC[C@H]1C(=O)N[C@@H](Cc1ccc(O)cc1)C(=O)NCC(=O)N[C@@H](CC(C)C)C(=O)NCC(=O)N[C@@H](CO)C(=O)O)C(C)C)C(C)C)[C@@H](C)O)C(C)C)[C@@H](C)CC. The number of carbonyl (C=O) groups is 19. The average molecular weight is 1880 g/mol. The number of likely N-dealkylation sites (tertiary alicyclic amines) is 2. The van der Waals surface area contributed by atoms with E-state index in [9.17, 15) is 117 Å². The maximum absolute atomic E-state index is 14.9. The van der Waals surface area contributed by atoms with Gasteiger partial charge in [0.1, 0.15) is 90.3 Å². The van der Waals surface area contributed by atoms with Crippen LogP contribution in [0.2, 0.25) is 0 Å². The van der Waals surface area contributed by atoms with E-state index in [1.165, 1.54) is 41.7 Å². The van der Waals surface area contributed by atoms with Crippen LogP contribution in [-0.2, 0) is 110 Å². The van der Waals surface area contributed by atoms with E-state index in [1.54, 1.807) is 99.7 Å². The summed E-state index contributed by atoms with van der Waals surface area (Å²) in [7, 11) is 0. The lowest BCUT2D eigenvalue weighted by molar-refractivity contribution is -0.145. The minimum absolute atomic E-state index is 0.0121. The number of primary amides is 1. The fraction of sp³-hybridized carbons (Fsp3) is 0.596. The molecule has 18 atom stereocenters. The van der Waals surface area contributed by atoms with Gasteiger partial charge in [0.2, 0.25) is 100 Å². The first-order valence-electron chi connectivity index (χ1n) is 45.1. The summed E-state index contributed by atoms with van der Waals surface area (Å²) in [6.45, 7) is 18.6. The Morgan fingerprint density at radius 1 is 0.493 bits per heavy atom. The van der Waals surface area contributed by atoms with Gasteiger partial charge >= 0.3 is 11.9 Å². The topological polar surface area (TPSA) is 697 Å². The van der Waals surface area contributed by atoms with Crippen molar-refractivity contribution in [3.05, 3.63) is 84.1 Å². The number of hydrogen-bond donors (Lipinski definition) is 23. The molecule has 2 fully saturated rings. The fourth-order valence-electron chi connectivity index (χ4n) is 15.3. The van der Waals surface area contributed by atoms with Crippen LogP contribution in [0, 0.1) is 35.5 Å². The molecule has 45 nitrogen and oxygen atoms in total. The van der Waals surface area contributed by atoms with Crippen molar-refractivity contribution in [3.8, 4) is 5.75 Å². The normalized spacial score (nSPS) is 17.3. The number of H-pyrrole nitrogens is 2. The Labute approximate surface area is 775 Å². The van der Waals surface area contributed by atoms with Gasteiger partial charge < -0.3 is 131 Å². The molecule has 0 radical (unpaired) electrons. The lowest BCUT2D eigenvalue weighted by atomic mass is 9.94. The summed E-state index contributed by atoms with van der Waals surface area (Å²) in [5, 5.41) is 85.9. The molecule has 0 spiro atoms. The number of nitrogens with one attached hydrogen (secondary N) is 16. The number of nitrogens with zero attached hydrogens (tertiary/aromatic N) is 3. The van der Waals surface area contributed by atoms with Crippen LogP contribution in [0.5, 0.6) is 5.75 Å². The van der Waals surface area contributed by atoms with Crippen LogP contribution in [0.25, 0.3) is 10.9 Å². The van der Waals surface area contributed by atoms with Crippen molar-refractivity contribution in [1.82, 2.24) is 99.2 Å². The number of aromatic hydroxyl groups is 1. The molecule has 0 saturated carbocycles. The predicted molar refractivity (Wildman–Crippen MR) is 483 cm³/mol.